The van der Waals surface area contributed by atoms with Gasteiger partial charge < -0.3 is 19.1 Å². The maximum Gasteiger partial charge on any atom is 0.338 e. The zero-order chi connectivity index (χ0) is 26.0. The molecule has 36 heavy (non-hydrogen) atoms. The monoisotopic (exact) mass is 507 g/mol. The standard InChI is InChI=1S/C27H29N3O5S/c1-7-35-26(32)23-16(2)28-27-30(24(23)20-15-19(33-5)12-13-21(20)34-6)25(31)22(36-27)14-17-8-10-18(11-9-17)29(3)4/h8-15,24H,7H2,1-6H3/b22-14+/t24-/m1/s1. The van der Waals surface area contributed by atoms with Crippen LogP contribution in [0, 0.1) is 0 Å². The number of carbonyl (C=O) groups excluding carboxylic acids is 1. The molecule has 1 aromatic heterocycles. The first-order valence-electron chi connectivity index (χ1n) is 11.5. The van der Waals surface area contributed by atoms with Crippen molar-refractivity contribution in [2.45, 2.75) is 19.9 Å². The molecule has 8 nitrogen and oxygen atoms in total. The van der Waals surface area contributed by atoms with Crippen LogP contribution in [0.1, 0.15) is 31.0 Å². The fourth-order valence-electron chi connectivity index (χ4n) is 4.16. The van der Waals surface area contributed by atoms with Crippen molar-refractivity contribution in [3.63, 3.8) is 0 Å². The normalized spacial score (nSPS) is 15.3. The molecular weight excluding hydrogens is 478 g/mol. The van der Waals surface area contributed by atoms with Crippen LogP contribution >= 0.6 is 11.3 Å². The molecule has 0 radical (unpaired) electrons. The molecular formula is C27H29N3O5S. The second-order valence-electron chi connectivity index (χ2n) is 8.40. The van der Waals surface area contributed by atoms with Crippen LogP contribution in [-0.2, 0) is 9.53 Å². The molecule has 2 heterocycles. The van der Waals surface area contributed by atoms with Crippen LogP contribution in [0.2, 0.25) is 0 Å². The SMILES string of the molecule is CCOC(=O)C1=C(C)N=c2s/c(=C/c3ccc(N(C)C)cc3)c(=O)n2[C@@H]1c1cc(OC)ccc1OC. The van der Waals surface area contributed by atoms with Crippen molar-refractivity contribution in [2.75, 3.05) is 39.8 Å². The van der Waals surface area contributed by atoms with Crippen molar-refractivity contribution < 1.29 is 19.0 Å². The number of methoxy groups -OCH3 is 2. The van der Waals surface area contributed by atoms with Crippen LogP contribution < -0.4 is 29.3 Å². The number of aromatic nitrogens is 1. The summed E-state index contributed by atoms with van der Waals surface area (Å²) in [7, 11) is 7.06. The first kappa shape index (κ1) is 25.2. The molecule has 0 fully saturated rings. The summed E-state index contributed by atoms with van der Waals surface area (Å²) in [6, 6.07) is 12.4. The third kappa shape index (κ3) is 4.66. The zero-order valence-corrected chi connectivity index (χ0v) is 22.0. The lowest BCUT2D eigenvalue weighted by molar-refractivity contribution is -0.139. The van der Waals surface area contributed by atoms with Gasteiger partial charge in [0, 0.05) is 25.3 Å². The van der Waals surface area contributed by atoms with E-state index in [9.17, 15) is 9.59 Å². The molecule has 2 aromatic carbocycles. The molecule has 0 saturated heterocycles. The van der Waals surface area contributed by atoms with Crippen molar-refractivity contribution in [1.29, 1.82) is 0 Å². The van der Waals surface area contributed by atoms with Crippen molar-refractivity contribution in [2.24, 2.45) is 4.99 Å². The molecule has 0 N–H and O–H groups in total. The second kappa shape index (κ2) is 10.4. The molecule has 0 bridgehead atoms. The van der Waals surface area contributed by atoms with E-state index < -0.39 is 12.0 Å². The third-order valence-electron chi connectivity index (χ3n) is 5.96. The Morgan fingerprint density at radius 2 is 1.86 bits per heavy atom. The van der Waals surface area contributed by atoms with E-state index in [0.717, 1.165) is 11.3 Å². The number of hydrogen-bond acceptors (Lipinski definition) is 8. The summed E-state index contributed by atoms with van der Waals surface area (Å²) in [5.74, 6) is 0.570. The van der Waals surface area contributed by atoms with Gasteiger partial charge >= 0.3 is 5.97 Å². The molecule has 1 aliphatic heterocycles. The van der Waals surface area contributed by atoms with E-state index in [1.165, 1.54) is 11.3 Å². The Labute approximate surface area is 213 Å². The number of fused-ring (bicyclic) bond motifs is 1. The molecule has 3 aromatic rings. The number of hydrogen-bond donors (Lipinski definition) is 0. The Balaban J connectivity index is 1.96. The summed E-state index contributed by atoms with van der Waals surface area (Å²) in [5, 5.41) is 0. The molecule has 0 unspecified atom stereocenters. The first-order chi connectivity index (χ1) is 17.3. The number of carbonyl (C=O) groups is 1. The highest BCUT2D eigenvalue weighted by molar-refractivity contribution is 7.07. The number of rotatable bonds is 7. The molecule has 0 saturated carbocycles. The smallest absolute Gasteiger partial charge is 0.338 e. The molecule has 9 heteroatoms. The molecule has 4 rings (SSSR count). The second-order valence-corrected chi connectivity index (χ2v) is 9.41. The number of benzene rings is 2. The van der Waals surface area contributed by atoms with Gasteiger partial charge in [-0.2, -0.15) is 0 Å². The van der Waals surface area contributed by atoms with E-state index in [1.807, 2.05) is 49.3 Å². The average Bonchev–Trinajstić information content (AvgIpc) is 3.17. The number of esters is 1. The van der Waals surface area contributed by atoms with Gasteiger partial charge in [0.15, 0.2) is 4.80 Å². The topological polar surface area (TPSA) is 82.4 Å². The van der Waals surface area contributed by atoms with Gasteiger partial charge in [-0.05, 0) is 55.8 Å². The number of allylic oxidation sites excluding steroid dienone is 1. The van der Waals surface area contributed by atoms with Crippen LogP contribution in [0.5, 0.6) is 11.5 Å². The summed E-state index contributed by atoms with van der Waals surface area (Å²) in [4.78, 5) is 34.0. The molecule has 1 aliphatic rings. The Morgan fingerprint density at radius 1 is 1.14 bits per heavy atom. The van der Waals surface area contributed by atoms with Gasteiger partial charge in [0.1, 0.15) is 17.5 Å². The van der Waals surface area contributed by atoms with Gasteiger partial charge in [0.2, 0.25) is 0 Å². The minimum absolute atomic E-state index is 0.199. The van der Waals surface area contributed by atoms with Crippen LogP contribution in [-0.4, -0.2) is 45.5 Å². The Morgan fingerprint density at radius 3 is 2.47 bits per heavy atom. The summed E-state index contributed by atoms with van der Waals surface area (Å²) in [6.45, 7) is 3.69. The van der Waals surface area contributed by atoms with Crippen LogP contribution in [0.3, 0.4) is 0 Å². The molecule has 0 aliphatic carbocycles. The summed E-state index contributed by atoms with van der Waals surface area (Å²) in [5.41, 5.74) is 3.09. The lowest BCUT2D eigenvalue weighted by Gasteiger charge is -2.26. The summed E-state index contributed by atoms with van der Waals surface area (Å²) in [6.07, 6.45) is 1.84. The van der Waals surface area contributed by atoms with E-state index in [1.54, 1.807) is 50.8 Å². The maximum absolute atomic E-state index is 13.8. The highest BCUT2D eigenvalue weighted by Crippen LogP contribution is 2.37. The minimum Gasteiger partial charge on any atom is -0.497 e. The lowest BCUT2D eigenvalue weighted by atomic mass is 9.94. The fourth-order valence-corrected chi connectivity index (χ4v) is 5.21. The highest BCUT2D eigenvalue weighted by Gasteiger charge is 2.35. The Hall–Kier alpha value is -3.85. The van der Waals surface area contributed by atoms with E-state index in [-0.39, 0.29) is 17.7 Å². The minimum atomic E-state index is -0.788. The van der Waals surface area contributed by atoms with Crippen LogP contribution in [0.4, 0.5) is 5.69 Å². The van der Waals surface area contributed by atoms with Gasteiger partial charge in [-0.1, -0.05) is 23.5 Å². The predicted molar refractivity (Wildman–Crippen MR) is 141 cm³/mol. The number of ether oxygens (including phenoxy) is 3. The van der Waals surface area contributed by atoms with Crippen LogP contribution in [0.15, 0.2) is 63.5 Å². The molecule has 1 atom stereocenters. The Bertz CT molecular complexity index is 1500. The van der Waals surface area contributed by atoms with Gasteiger partial charge in [-0.25, -0.2) is 9.79 Å². The number of thiazole rings is 1. The molecule has 0 amide bonds. The summed E-state index contributed by atoms with van der Waals surface area (Å²) < 4.78 is 18.5. The van der Waals surface area contributed by atoms with Crippen molar-refractivity contribution in [1.82, 2.24) is 4.57 Å². The maximum atomic E-state index is 13.8. The zero-order valence-electron chi connectivity index (χ0n) is 21.2. The molecule has 188 valence electrons. The summed E-state index contributed by atoms with van der Waals surface area (Å²) >= 11 is 1.28. The third-order valence-corrected chi connectivity index (χ3v) is 6.94. The number of anilines is 1. The van der Waals surface area contributed by atoms with Gasteiger partial charge in [0.25, 0.3) is 5.56 Å². The first-order valence-corrected chi connectivity index (χ1v) is 12.3. The van der Waals surface area contributed by atoms with Gasteiger partial charge in [-0.3, -0.25) is 9.36 Å². The van der Waals surface area contributed by atoms with E-state index >= 15 is 0 Å². The van der Waals surface area contributed by atoms with Gasteiger partial charge in [0.05, 0.1) is 36.6 Å². The fraction of sp³-hybridized carbons (Fsp3) is 0.296. The van der Waals surface area contributed by atoms with Crippen molar-refractivity contribution in [3.8, 4) is 11.5 Å². The van der Waals surface area contributed by atoms with Gasteiger partial charge in [-0.15, -0.1) is 0 Å². The quantitative estimate of drug-likeness (QED) is 0.458. The Kier molecular flexibility index (Phi) is 7.30. The van der Waals surface area contributed by atoms with E-state index in [0.29, 0.717) is 32.1 Å². The van der Waals surface area contributed by atoms with Crippen LogP contribution in [0.25, 0.3) is 6.08 Å². The van der Waals surface area contributed by atoms with Crippen molar-refractivity contribution >= 4 is 29.1 Å². The molecule has 0 spiro atoms. The highest BCUT2D eigenvalue weighted by atomic mass is 32.1. The average molecular weight is 508 g/mol. The van der Waals surface area contributed by atoms with E-state index in [4.69, 9.17) is 14.2 Å². The number of nitrogens with zero attached hydrogens (tertiary/aromatic N) is 3. The largest absolute Gasteiger partial charge is 0.497 e. The van der Waals surface area contributed by atoms with Crippen molar-refractivity contribution in [3.05, 3.63) is 84.5 Å². The van der Waals surface area contributed by atoms with E-state index in [2.05, 4.69) is 4.99 Å². The predicted octanol–water partition coefficient (Wildman–Crippen LogP) is 2.88. The lowest BCUT2D eigenvalue weighted by Crippen LogP contribution is -2.40.